The Hall–Kier alpha value is 0.137. The molecule has 98 valence electrons. The number of hydrogen-bond acceptors (Lipinski definition) is 2. The summed E-state index contributed by atoms with van der Waals surface area (Å²) in [5.41, 5.74) is 0. The highest BCUT2D eigenvalue weighted by Crippen LogP contribution is 2.36. The number of aliphatic hydroxyl groups excluding tert-OH is 1. The molecule has 0 saturated heterocycles. The lowest BCUT2D eigenvalue weighted by Gasteiger charge is -2.36. The van der Waals surface area contributed by atoms with Crippen molar-refractivity contribution in [2.45, 2.75) is 77.6 Å². The van der Waals surface area contributed by atoms with Gasteiger partial charge in [-0.15, -0.1) is 0 Å². The molecule has 0 aromatic heterocycles. The molecule has 16 heavy (non-hydrogen) atoms. The molecule has 3 heteroatoms. The fourth-order valence-electron chi connectivity index (χ4n) is 1.34. The minimum absolute atomic E-state index is 0.131. The minimum atomic E-state index is -1.58. The van der Waals surface area contributed by atoms with Crippen molar-refractivity contribution < 1.29 is 9.53 Å². The lowest BCUT2D eigenvalue weighted by atomic mass is 10.1. The molecule has 1 unspecified atom stereocenters. The van der Waals surface area contributed by atoms with Crippen molar-refractivity contribution in [1.82, 2.24) is 0 Å². The van der Waals surface area contributed by atoms with Gasteiger partial charge in [0.1, 0.15) is 0 Å². The average molecular weight is 246 g/mol. The SMILES string of the molecule is CCCC(O)CCCO[Si](C)(C)C(C)(C)C. The fourth-order valence-corrected chi connectivity index (χ4v) is 2.43. The van der Waals surface area contributed by atoms with Gasteiger partial charge in [0.2, 0.25) is 0 Å². The van der Waals surface area contributed by atoms with E-state index in [1.165, 1.54) is 0 Å². The molecule has 0 fully saturated rings. The molecule has 0 amide bonds. The second kappa shape index (κ2) is 6.77. The van der Waals surface area contributed by atoms with Gasteiger partial charge in [-0.3, -0.25) is 0 Å². The van der Waals surface area contributed by atoms with Crippen molar-refractivity contribution >= 4 is 8.32 Å². The van der Waals surface area contributed by atoms with Crippen LogP contribution in [-0.4, -0.2) is 26.1 Å². The Morgan fingerprint density at radius 2 is 1.75 bits per heavy atom. The molecule has 0 bridgehead atoms. The van der Waals surface area contributed by atoms with Crippen molar-refractivity contribution in [2.24, 2.45) is 0 Å². The van der Waals surface area contributed by atoms with Crippen LogP contribution >= 0.6 is 0 Å². The summed E-state index contributed by atoms with van der Waals surface area (Å²) in [6.07, 6.45) is 3.70. The smallest absolute Gasteiger partial charge is 0.191 e. The fraction of sp³-hybridized carbons (Fsp3) is 1.00. The topological polar surface area (TPSA) is 29.5 Å². The van der Waals surface area contributed by atoms with Crippen LogP contribution in [0.3, 0.4) is 0 Å². The summed E-state index contributed by atoms with van der Waals surface area (Å²) in [5, 5.41) is 9.88. The molecule has 0 saturated carbocycles. The van der Waals surface area contributed by atoms with E-state index in [0.717, 1.165) is 32.3 Å². The van der Waals surface area contributed by atoms with Gasteiger partial charge in [-0.05, 0) is 37.4 Å². The predicted octanol–water partition coefficient (Wildman–Crippen LogP) is 3.95. The van der Waals surface area contributed by atoms with Crippen molar-refractivity contribution in [2.75, 3.05) is 6.61 Å². The summed E-state index contributed by atoms with van der Waals surface area (Å²) in [5.74, 6) is 0. The summed E-state index contributed by atoms with van der Waals surface area (Å²) < 4.78 is 6.05. The van der Waals surface area contributed by atoms with Crippen molar-refractivity contribution in [3.8, 4) is 0 Å². The Morgan fingerprint density at radius 1 is 1.19 bits per heavy atom. The van der Waals surface area contributed by atoms with Crippen molar-refractivity contribution in [3.63, 3.8) is 0 Å². The van der Waals surface area contributed by atoms with Crippen LogP contribution < -0.4 is 0 Å². The van der Waals surface area contributed by atoms with Gasteiger partial charge in [-0.1, -0.05) is 34.1 Å². The lowest BCUT2D eigenvalue weighted by Crippen LogP contribution is -2.41. The van der Waals surface area contributed by atoms with Gasteiger partial charge in [0.05, 0.1) is 6.10 Å². The van der Waals surface area contributed by atoms with Gasteiger partial charge in [0.25, 0.3) is 0 Å². The summed E-state index contributed by atoms with van der Waals surface area (Å²) in [6, 6.07) is 0. The van der Waals surface area contributed by atoms with Crippen molar-refractivity contribution in [3.05, 3.63) is 0 Å². The first-order chi connectivity index (χ1) is 7.20. The monoisotopic (exact) mass is 246 g/mol. The maximum Gasteiger partial charge on any atom is 0.191 e. The molecule has 0 radical (unpaired) electrons. The summed E-state index contributed by atoms with van der Waals surface area (Å²) in [7, 11) is -1.58. The maximum absolute atomic E-state index is 9.59. The maximum atomic E-state index is 9.59. The van der Waals surface area contributed by atoms with E-state index in [1.807, 2.05) is 0 Å². The zero-order valence-corrected chi connectivity index (χ0v) is 13.0. The molecule has 0 aromatic rings. The molecule has 0 rings (SSSR count). The molecule has 0 spiro atoms. The van der Waals surface area contributed by atoms with Gasteiger partial charge in [-0.25, -0.2) is 0 Å². The number of rotatable bonds is 7. The first-order valence-corrected chi connectivity index (χ1v) is 9.43. The predicted molar refractivity (Wildman–Crippen MR) is 73.3 cm³/mol. The Kier molecular flexibility index (Phi) is 6.83. The van der Waals surface area contributed by atoms with Crippen molar-refractivity contribution in [1.29, 1.82) is 0 Å². The highest BCUT2D eigenvalue weighted by Gasteiger charge is 2.36. The molecule has 1 atom stereocenters. The molecule has 0 heterocycles. The Morgan fingerprint density at radius 3 is 2.19 bits per heavy atom. The van der Waals surface area contributed by atoms with Gasteiger partial charge in [0.15, 0.2) is 8.32 Å². The molecule has 0 aromatic carbocycles. The van der Waals surface area contributed by atoms with E-state index in [4.69, 9.17) is 4.43 Å². The van der Waals surface area contributed by atoms with Crippen LogP contribution in [-0.2, 0) is 4.43 Å². The van der Waals surface area contributed by atoms with E-state index in [9.17, 15) is 5.11 Å². The molecule has 0 aliphatic rings. The first kappa shape index (κ1) is 16.1. The van der Waals surface area contributed by atoms with Crippen LogP contribution in [0.15, 0.2) is 0 Å². The Bertz CT molecular complexity index is 185. The zero-order chi connectivity index (χ0) is 12.8. The lowest BCUT2D eigenvalue weighted by molar-refractivity contribution is 0.141. The molecule has 2 nitrogen and oxygen atoms in total. The van der Waals surface area contributed by atoms with Crippen LogP contribution in [0.1, 0.15) is 53.4 Å². The normalized spacial score (nSPS) is 15.2. The third-order valence-corrected chi connectivity index (χ3v) is 8.11. The minimum Gasteiger partial charge on any atom is -0.417 e. The Labute approximate surface area is 103 Å². The van der Waals surface area contributed by atoms with Gasteiger partial charge in [0, 0.05) is 6.61 Å². The van der Waals surface area contributed by atoms with Crippen LogP contribution in [0.2, 0.25) is 18.1 Å². The number of hydrogen-bond donors (Lipinski definition) is 1. The highest BCUT2D eigenvalue weighted by molar-refractivity contribution is 6.74. The molecule has 1 N–H and O–H groups in total. The van der Waals surface area contributed by atoms with E-state index in [2.05, 4.69) is 40.8 Å². The third kappa shape index (κ3) is 6.02. The van der Waals surface area contributed by atoms with E-state index in [1.54, 1.807) is 0 Å². The van der Waals surface area contributed by atoms with Gasteiger partial charge >= 0.3 is 0 Å². The van der Waals surface area contributed by atoms with Crippen LogP contribution in [0.25, 0.3) is 0 Å². The quantitative estimate of drug-likeness (QED) is 0.544. The van der Waals surface area contributed by atoms with E-state index in [-0.39, 0.29) is 11.1 Å². The summed E-state index contributed by atoms with van der Waals surface area (Å²) >= 11 is 0. The average Bonchev–Trinajstić information content (AvgIpc) is 2.11. The second-order valence-electron chi connectivity index (χ2n) is 6.19. The van der Waals surface area contributed by atoms with Crippen LogP contribution in [0.5, 0.6) is 0 Å². The van der Waals surface area contributed by atoms with Crippen LogP contribution in [0, 0.1) is 0 Å². The zero-order valence-electron chi connectivity index (χ0n) is 12.0. The summed E-state index contributed by atoms with van der Waals surface area (Å²) in [6.45, 7) is 14.2. The van der Waals surface area contributed by atoms with E-state index in [0.29, 0.717) is 0 Å². The largest absolute Gasteiger partial charge is 0.417 e. The van der Waals surface area contributed by atoms with E-state index >= 15 is 0 Å². The molecular weight excluding hydrogens is 216 g/mol. The van der Waals surface area contributed by atoms with Gasteiger partial charge in [-0.2, -0.15) is 0 Å². The molecule has 0 aliphatic heterocycles. The standard InChI is InChI=1S/C13H30O2Si/c1-7-9-12(14)10-8-11-15-16(5,6)13(2,3)4/h12,14H,7-11H2,1-6H3. The van der Waals surface area contributed by atoms with Crippen LogP contribution in [0.4, 0.5) is 0 Å². The molecule has 0 aliphatic carbocycles. The first-order valence-electron chi connectivity index (χ1n) is 6.52. The third-order valence-electron chi connectivity index (χ3n) is 3.57. The second-order valence-corrected chi connectivity index (χ2v) is 11.0. The highest BCUT2D eigenvalue weighted by atomic mass is 28.4. The van der Waals surface area contributed by atoms with Gasteiger partial charge < -0.3 is 9.53 Å². The Balaban J connectivity index is 3.74. The molecular formula is C13H30O2Si. The van der Waals surface area contributed by atoms with E-state index < -0.39 is 8.32 Å². The number of aliphatic hydroxyl groups is 1. The summed E-state index contributed by atoms with van der Waals surface area (Å²) in [4.78, 5) is 0.